The minimum absolute atomic E-state index is 0.000422. The largest absolute Gasteiger partial charge is 0.492 e. The van der Waals surface area contributed by atoms with E-state index in [2.05, 4.69) is 5.32 Å². The van der Waals surface area contributed by atoms with Gasteiger partial charge in [0.05, 0.1) is 17.2 Å². The van der Waals surface area contributed by atoms with Crippen LogP contribution in [-0.4, -0.2) is 50.4 Å². The number of halogens is 1. The van der Waals surface area contributed by atoms with Crippen molar-refractivity contribution in [2.75, 3.05) is 17.5 Å². The molecule has 1 atom stereocenters. The van der Waals surface area contributed by atoms with Crippen LogP contribution in [0.2, 0.25) is 5.02 Å². The number of nitrogens with one attached hydrogen (secondary N) is 1. The van der Waals surface area contributed by atoms with Crippen LogP contribution in [0.1, 0.15) is 50.2 Å². The van der Waals surface area contributed by atoms with Crippen LogP contribution in [0.3, 0.4) is 0 Å². The van der Waals surface area contributed by atoms with E-state index in [1.165, 1.54) is 17.0 Å². The van der Waals surface area contributed by atoms with E-state index in [1.54, 1.807) is 54.6 Å². The predicted octanol–water partition coefficient (Wildman–Crippen LogP) is 7.02. The van der Waals surface area contributed by atoms with Gasteiger partial charge in [-0.2, -0.15) is 0 Å². The summed E-state index contributed by atoms with van der Waals surface area (Å²) < 4.78 is 35.5. The number of hydrogen-bond donors (Lipinski definition) is 1. The summed E-state index contributed by atoms with van der Waals surface area (Å²) in [5.41, 5.74) is 1.73. The normalized spacial score (nSPS) is 14.1. The first kappa shape index (κ1) is 35.0. The van der Waals surface area contributed by atoms with Gasteiger partial charge in [0.1, 0.15) is 18.3 Å². The minimum Gasteiger partial charge on any atom is -0.492 e. The molecule has 252 valence electrons. The topological polar surface area (TPSA) is 96.0 Å². The van der Waals surface area contributed by atoms with Crippen molar-refractivity contribution < 1.29 is 22.7 Å². The molecule has 1 aliphatic carbocycles. The maximum Gasteiger partial charge on any atom is 0.264 e. The first-order valence-corrected chi connectivity index (χ1v) is 18.3. The van der Waals surface area contributed by atoms with E-state index in [9.17, 15) is 18.0 Å². The molecule has 48 heavy (non-hydrogen) atoms. The van der Waals surface area contributed by atoms with E-state index in [1.807, 2.05) is 49.4 Å². The molecule has 1 N–H and O–H groups in total. The zero-order valence-corrected chi connectivity index (χ0v) is 28.7. The molecule has 0 aliphatic heterocycles. The Labute approximate surface area is 288 Å². The highest BCUT2D eigenvalue weighted by molar-refractivity contribution is 7.92. The van der Waals surface area contributed by atoms with Crippen molar-refractivity contribution in [1.29, 1.82) is 0 Å². The molecule has 0 spiro atoms. The Morgan fingerprint density at radius 2 is 1.48 bits per heavy atom. The van der Waals surface area contributed by atoms with Gasteiger partial charge in [0.25, 0.3) is 10.0 Å². The van der Waals surface area contributed by atoms with Gasteiger partial charge >= 0.3 is 0 Å². The van der Waals surface area contributed by atoms with Crippen LogP contribution in [0.25, 0.3) is 0 Å². The molecule has 1 aliphatic rings. The summed E-state index contributed by atoms with van der Waals surface area (Å²) in [7, 11) is -4.25. The van der Waals surface area contributed by atoms with Crippen molar-refractivity contribution in [2.24, 2.45) is 0 Å². The maximum absolute atomic E-state index is 14.8. The lowest BCUT2D eigenvalue weighted by molar-refractivity contribution is -0.140. The van der Waals surface area contributed by atoms with Crippen LogP contribution in [0.15, 0.2) is 114 Å². The van der Waals surface area contributed by atoms with E-state index in [4.69, 9.17) is 16.3 Å². The summed E-state index contributed by atoms with van der Waals surface area (Å²) in [5.74, 6) is -0.514. The lowest BCUT2D eigenvalue weighted by atomic mass is 9.94. The average Bonchev–Trinajstić information content (AvgIpc) is 3.11. The van der Waals surface area contributed by atoms with E-state index in [0.29, 0.717) is 22.9 Å². The highest BCUT2D eigenvalue weighted by atomic mass is 35.5. The Kier molecular flexibility index (Phi) is 12.1. The fraction of sp³-hybridized carbons (Fsp3) is 0.316. The maximum atomic E-state index is 14.8. The number of sulfonamides is 1. The summed E-state index contributed by atoms with van der Waals surface area (Å²) in [6.45, 7) is 1.53. The average molecular weight is 688 g/mol. The molecule has 0 bridgehead atoms. The van der Waals surface area contributed by atoms with Crippen LogP contribution in [0.5, 0.6) is 5.75 Å². The molecule has 0 heterocycles. The molecule has 8 nitrogen and oxygen atoms in total. The summed E-state index contributed by atoms with van der Waals surface area (Å²) in [6.07, 6.45) is 5.17. The van der Waals surface area contributed by atoms with Crippen molar-refractivity contribution in [1.82, 2.24) is 10.2 Å². The number of carbonyl (C=O) groups excluding carboxylic acids is 2. The van der Waals surface area contributed by atoms with Gasteiger partial charge in [-0.1, -0.05) is 110 Å². The molecule has 5 rings (SSSR count). The third kappa shape index (κ3) is 8.76. The molecule has 4 aromatic carbocycles. The second-order valence-corrected chi connectivity index (χ2v) is 14.2. The quantitative estimate of drug-likeness (QED) is 0.154. The van der Waals surface area contributed by atoms with E-state index < -0.39 is 28.5 Å². The summed E-state index contributed by atoms with van der Waals surface area (Å²) in [6, 6.07) is 30.5. The molecule has 4 aromatic rings. The van der Waals surface area contributed by atoms with Gasteiger partial charge in [-0.25, -0.2) is 8.42 Å². The summed E-state index contributed by atoms with van der Waals surface area (Å²) in [5, 5.41) is 3.67. The Morgan fingerprint density at radius 3 is 2.17 bits per heavy atom. The molecule has 0 radical (unpaired) electrons. The smallest absolute Gasteiger partial charge is 0.264 e. The van der Waals surface area contributed by atoms with Crippen LogP contribution in [0, 0.1) is 0 Å². The van der Waals surface area contributed by atoms with Crippen molar-refractivity contribution in [3.05, 3.63) is 125 Å². The first-order valence-electron chi connectivity index (χ1n) is 16.4. The van der Waals surface area contributed by atoms with E-state index in [-0.39, 0.29) is 35.5 Å². The molecule has 1 unspecified atom stereocenters. The zero-order valence-electron chi connectivity index (χ0n) is 27.1. The molecule has 1 fully saturated rings. The Bertz CT molecular complexity index is 1770. The van der Waals surface area contributed by atoms with Gasteiger partial charge in [-0.3, -0.25) is 13.9 Å². The van der Waals surface area contributed by atoms with Crippen LogP contribution >= 0.6 is 11.6 Å². The van der Waals surface area contributed by atoms with Crippen molar-refractivity contribution in [3.63, 3.8) is 0 Å². The van der Waals surface area contributed by atoms with Crippen LogP contribution in [0.4, 0.5) is 5.69 Å². The fourth-order valence-corrected chi connectivity index (χ4v) is 7.72. The number of rotatable bonds is 14. The van der Waals surface area contributed by atoms with Gasteiger partial charge in [0.2, 0.25) is 11.8 Å². The van der Waals surface area contributed by atoms with E-state index in [0.717, 1.165) is 42.0 Å². The standard InChI is InChI=1S/C38H42ClN3O5S/c1-2-47-36-25-15-14-24-34(36)42(48(45,46)32-21-10-5-11-22-32)28-37(43)41(27-30-18-12-13-23-33(30)39)35(26-29-16-6-3-7-17-29)38(44)40-31-19-8-4-9-20-31/h3,5-7,10-18,21-25,31,35H,2,4,8-9,19-20,26-28H2,1H3,(H,40,44). The number of carbonyl (C=O) groups is 2. The number of amides is 2. The first-order chi connectivity index (χ1) is 23.3. The second kappa shape index (κ2) is 16.7. The number of hydrogen-bond acceptors (Lipinski definition) is 5. The lowest BCUT2D eigenvalue weighted by Crippen LogP contribution is -2.55. The lowest BCUT2D eigenvalue weighted by Gasteiger charge is -2.35. The third-order valence-corrected chi connectivity index (χ3v) is 10.7. The van der Waals surface area contributed by atoms with E-state index >= 15 is 0 Å². The van der Waals surface area contributed by atoms with Crippen molar-refractivity contribution in [2.45, 2.75) is 69.0 Å². The van der Waals surface area contributed by atoms with Crippen molar-refractivity contribution in [3.8, 4) is 5.75 Å². The van der Waals surface area contributed by atoms with Crippen molar-refractivity contribution >= 4 is 39.1 Å². The molecule has 0 aromatic heterocycles. The van der Waals surface area contributed by atoms with Crippen LogP contribution in [-0.2, 0) is 32.6 Å². The molecule has 2 amide bonds. The Morgan fingerprint density at radius 1 is 0.854 bits per heavy atom. The van der Waals surface area contributed by atoms with Gasteiger partial charge < -0.3 is 15.0 Å². The number of nitrogens with zero attached hydrogens (tertiary/aromatic N) is 2. The minimum atomic E-state index is -4.25. The molecule has 10 heteroatoms. The molecular formula is C38H42ClN3O5S. The van der Waals surface area contributed by atoms with Gasteiger partial charge in [0.15, 0.2) is 0 Å². The monoisotopic (exact) mass is 687 g/mol. The fourth-order valence-electron chi connectivity index (χ4n) is 6.08. The number of ether oxygens (including phenoxy) is 1. The molecular weight excluding hydrogens is 646 g/mol. The third-order valence-electron chi connectivity index (χ3n) is 8.57. The predicted molar refractivity (Wildman–Crippen MR) is 190 cm³/mol. The molecule has 1 saturated carbocycles. The summed E-state index contributed by atoms with van der Waals surface area (Å²) in [4.78, 5) is 30.5. The van der Waals surface area contributed by atoms with Gasteiger partial charge in [-0.05, 0) is 61.2 Å². The number of anilines is 1. The Hall–Kier alpha value is -4.34. The number of para-hydroxylation sites is 2. The zero-order chi connectivity index (χ0) is 33.9. The Balaban J connectivity index is 1.59. The van der Waals surface area contributed by atoms with Crippen LogP contribution < -0.4 is 14.4 Å². The SMILES string of the molecule is CCOc1ccccc1N(CC(=O)N(Cc1ccccc1Cl)C(Cc1ccccc1)C(=O)NC1CCCCC1)S(=O)(=O)c1ccccc1. The molecule has 0 saturated heterocycles. The second-order valence-electron chi connectivity index (χ2n) is 11.9. The van der Waals surface area contributed by atoms with Gasteiger partial charge in [-0.15, -0.1) is 0 Å². The highest BCUT2D eigenvalue weighted by Gasteiger charge is 2.36. The van der Waals surface area contributed by atoms with Gasteiger partial charge in [0, 0.05) is 24.0 Å². The summed E-state index contributed by atoms with van der Waals surface area (Å²) >= 11 is 6.62. The number of benzene rings is 4. The highest BCUT2D eigenvalue weighted by Crippen LogP contribution is 2.33.